The fourth-order valence-corrected chi connectivity index (χ4v) is 11.9. The van der Waals surface area contributed by atoms with Gasteiger partial charge in [-0.15, -0.1) is 0 Å². The molecule has 5 rings (SSSR count). The number of carboxylic acids is 2. The molecule has 0 spiro atoms. The fraction of sp³-hybridized carbons (Fsp3) is 0.933. The molecule has 5 fully saturated rings. The molecule has 0 aromatic carbocycles. The maximum absolute atomic E-state index is 12.8. The number of fused-ring (bicyclic) bond motifs is 7. The number of rotatable bonds is 3. The van der Waals surface area contributed by atoms with E-state index in [0.29, 0.717) is 29.1 Å². The number of carboxylic acid groups (broad SMARTS) is 2. The lowest BCUT2D eigenvalue weighted by Crippen LogP contribution is -2.66. The van der Waals surface area contributed by atoms with Gasteiger partial charge < -0.3 is 10.2 Å². The standard InChI is InChI=1S/C30H48O4/c1-18(24(31)32)19-10-15-30(25(33)34)17-16-28(5)20(23(19)30)8-9-22-27(4)13-7-12-26(2,3)21(27)11-14-29(22,28)6/h18-23H,7-17H2,1-6H3,(H,31,32)(H,33,34)/t18?,19?,20?,21?,22?,23?,27?,28-,29?,30?/m1/s1. The molecule has 5 saturated carbocycles. The van der Waals surface area contributed by atoms with Gasteiger partial charge in [0, 0.05) is 0 Å². The summed E-state index contributed by atoms with van der Waals surface area (Å²) in [6.07, 6.45) is 12.0. The van der Waals surface area contributed by atoms with Crippen LogP contribution in [0.1, 0.15) is 112 Å². The van der Waals surface area contributed by atoms with Gasteiger partial charge >= 0.3 is 11.9 Å². The van der Waals surface area contributed by atoms with E-state index >= 15 is 0 Å². The minimum absolute atomic E-state index is 0.000881. The molecular formula is C30H48O4. The average Bonchev–Trinajstić information content (AvgIpc) is 3.14. The second kappa shape index (κ2) is 7.48. The van der Waals surface area contributed by atoms with Gasteiger partial charge in [-0.05, 0) is 115 Å². The second-order valence-electron chi connectivity index (χ2n) is 14.8. The first kappa shape index (κ1) is 24.6. The summed E-state index contributed by atoms with van der Waals surface area (Å²) in [6, 6.07) is 0. The van der Waals surface area contributed by atoms with E-state index in [2.05, 4.69) is 34.6 Å². The third kappa shape index (κ3) is 2.89. The SMILES string of the molecule is CC(C(=O)O)C1CCC2(C(=O)O)CC[C@]3(C)C(CCC4C5(C)CCCC(C)(C)C5CCC43C)C12. The van der Waals surface area contributed by atoms with Crippen LogP contribution in [0.3, 0.4) is 0 Å². The second-order valence-corrected chi connectivity index (χ2v) is 14.8. The van der Waals surface area contributed by atoms with Gasteiger partial charge in [0.2, 0.25) is 0 Å². The van der Waals surface area contributed by atoms with Gasteiger partial charge in [-0.3, -0.25) is 9.59 Å². The maximum atomic E-state index is 12.8. The summed E-state index contributed by atoms with van der Waals surface area (Å²) < 4.78 is 0. The van der Waals surface area contributed by atoms with Crippen molar-refractivity contribution in [3.8, 4) is 0 Å². The molecule has 0 radical (unpaired) electrons. The van der Waals surface area contributed by atoms with Crippen LogP contribution >= 0.6 is 0 Å². The predicted octanol–water partition coefficient (Wildman–Crippen LogP) is 7.26. The Morgan fingerprint density at radius 1 is 0.765 bits per heavy atom. The molecule has 0 amide bonds. The molecule has 0 aromatic rings. The molecule has 4 nitrogen and oxygen atoms in total. The van der Waals surface area contributed by atoms with Crippen molar-refractivity contribution in [3.05, 3.63) is 0 Å². The van der Waals surface area contributed by atoms with Crippen LogP contribution in [0, 0.1) is 62.6 Å². The fourth-order valence-electron chi connectivity index (χ4n) is 11.9. The molecule has 0 saturated heterocycles. The summed E-state index contributed by atoms with van der Waals surface area (Å²) in [7, 11) is 0. The lowest BCUT2D eigenvalue weighted by atomic mass is 9.32. The highest BCUT2D eigenvalue weighted by Crippen LogP contribution is 2.77. The molecule has 5 aliphatic carbocycles. The molecule has 0 bridgehead atoms. The first-order chi connectivity index (χ1) is 15.7. The van der Waals surface area contributed by atoms with E-state index in [9.17, 15) is 19.8 Å². The van der Waals surface area contributed by atoms with E-state index in [4.69, 9.17) is 0 Å². The highest BCUT2D eigenvalue weighted by molar-refractivity contribution is 5.77. The van der Waals surface area contributed by atoms with Crippen molar-refractivity contribution < 1.29 is 19.8 Å². The van der Waals surface area contributed by atoms with Gasteiger partial charge in [-0.1, -0.05) is 48.0 Å². The van der Waals surface area contributed by atoms with E-state index in [-0.39, 0.29) is 22.7 Å². The molecule has 192 valence electrons. The molecule has 2 N–H and O–H groups in total. The predicted molar refractivity (Wildman–Crippen MR) is 133 cm³/mol. The topological polar surface area (TPSA) is 74.6 Å². The van der Waals surface area contributed by atoms with Crippen LogP contribution in [0.15, 0.2) is 0 Å². The van der Waals surface area contributed by atoms with Crippen molar-refractivity contribution in [2.24, 2.45) is 62.6 Å². The number of carbonyl (C=O) groups is 2. The van der Waals surface area contributed by atoms with Crippen LogP contribution in [-0.4, -0.2) is 22.2 Å². The third-order valence-electron chi connectivity index (χ3n) is 13.7. The van der Waals surface area contributed by atoms with Gasteiger partial charge in [0.15, 0.2) is 0 Å². The molecular weight excluding hydrogens is 424 g/mol. The largest absolute Gasteiger partial charge is 0.481 e. The summed E-state index contributed by atoms with van der Waals surface area (Å²) >= 11 is 0. The summed E-state index contributed by atoms with van der Waals surface area (Å²) in [6.45, 7) is 14.5. The molecule has 0 aromatic heterocycles. The van der Waals surface area contributed by atoms with Crippen molar-refractivity contribution in [1.82, 2.24) is 0 Å². The summed E-state index contributed by atoms with van der Waals surface area (Å²) in [5.74, 6) is -0.1000. The zero-order valence-electron chi connectivity index (χ0n) is 22.5. The Morgan fingerprint density at radius 2 is 1.47 bits per heavy atom. The average molecular weight is 473 g/mol. The highest BCUT2D eigenvalue weighted by atomic mass is 16.4. The number of hydrogen-bond acceptors (Lipinski definition) is 2. The van der Waals surface area contributed by atoms with E-state index in [1.165, 1.54) is 38.5 Å². The number of hydrogen-bond donors (Lipinski definition) is 2. The Kier molecular flexibility index (Phi) is 5.42. The number of aliphatic carboxylic acids is 2. The molecule has 9 unspecified atom stereocenters. The molecule has 5 aliphatic rings. The minimum atomic E-state index is -0.754. The zero-order valence-corrected chi connectivity index (χ0v) is 22.5. The van der Waals surface area contributed by atoms with Crippen molar-refractivity contribution >= 4 is 11.9 Å². The first-order valence-corrected chi connectivity index (χ1v) is 14.2. The van der Waals surface area contributed by atoms with E-state index < -0.39 is 23.3 Å². The normalized spacial score (nSPS) is 52.5. The van der Waals surface area contributed by atoms with Gasteiger partial charge in [0.05, 0.1) is 11.3 Å². The van der Waals surface area contributed by atoms with Gasteiger partial charge in [-0.2, -0.15) is 0 Å². The lowest BCUT2D eigenvalue weighted by molar-refractivity contribution is -0.239. The quantitative estimate of drug-likeness (QED) is 0.453. The van der Waals surface area contributed by atoms with Crippen molar-refractivity contribution in [2.45, 2.75) is 112 Å². The van der Waals surface area contributed by atoms with E-state index in [1.807, 2.05) is 6.92 Å². The monoisotopic (exact) mass is 472 g/mol. The van der Waals surface area contributed by atoms with E-state index in [1.54, 1.807) is 0 Å². The van der Waals surface area contributed by atoms with E-state index in [0.717, 1.165) is 31.6 Å². The molecule has 10 atom stereocenters. The van der Waals surface area contributed by atoms with Crippen LogP contribution in [0.25, 0.3) is 0 Å². The van der Waals surface area contributed by atoms with Crippen LogP contribution in [-0.2, 0) is 9.59 Å². The van der Waals surface area contributed by atoms with Gasteiger partial charge in [-0.25, -0.2) is 0 Å². The third-order valence-corrected chi connectivity index (χ3v) is 13.7. The van der Waals surface area contributed by atoms with Crippen molar-refractivity contribution in [1.29, 1.82) is 0 Å². The Hall–Kier alpha value is -1.06. The molecule has 0 heterocycles. The Balaban J connectivity index is 1.57. The smallest absolute Gasteiger partial charge is 0.309 e. The molecule has 34 heavy (non-hydrogen) atoms. The Morgan fingerprint density at radius 3 is 2.12 bits per heavy atom. The van der Waals surface area contributed by atoms with Crippen LogP contribution in [0.5, 0.6) is 0 Å². The summed E-state index contributed by atoms with van der Waals surface area (Å²) in [4.78, 5) is 24.9. The minimum Gasteiger partial charge on any atom is -0.481 e. The maximum Gasteiger partial charge on any atom is 0.309 e. The molecule has 0 aliphatic heterocycles. The zero-order chi connectivity index (χ0) is 24.9. The summed E-state index contributed by atoms with van der Waals surface area (Å²) in [5, 5.41) is 20.4. The lowest BCUT2D eigenvalue weighted by Gasteiger charge is -2.72. The van der Waals surface area contributed by atoms with Crippen LogP contribution < -0.4 is 0 Å². The highest BCUT2D eigenvalue weighted by Gasteiger charge is 2.71. The van der Waals surface area contributed by atoms with Gasteiger partial charge in [0.25, 0.3) is 0 Å². The molecule has 4 heteroatoms. The Labute approximate surface area is 206 Å². The van der Waals surface area contributed by atoms with Gasteiger partial charge in [0.1, 0.15) is 0 Å². The first-order valence-electron chi connectivity index (χ1n) is 14.2. The van der Waals surface area contributed by atoms with Crippen molar-refractivity contribution in [3.63, 3.8) is 0 Å². The van der Waals surface area contributed by atoms with Crippen LogP contribution in [0.4, 0.5) is 0 Å². The van der Waals surface area contributed by atoms with Crippen LogP contribution in [0.2, 0.25) is 0 Å². The Bertz CT molecular complexity index is 879. The summed E-state index contributed by atoms with van der Waals surface area (Å²) in [5.41, 5.74) is 0.364. The van der Waals surface area contributed by atoms with Crippen molar-refractivity contribution in [2.75, 3.05) is 0 Å².